The summed E-state index contributed by atoms with van der Waals surface area (Å²) in [6, 6.07) is 0.677. The zero-order valence-electron chi connectivity index (χ0n) is 12.7. The Balaban J connectivity index is 1.65. The average molecular weight is 281 g/mol. The number of hydrogen-bond acceptors (Lipinski definition) is 5. The molecule has 5 nitrogen and oxygen atoms in total. The molecule has 0 amide bonds. The van der Waals surface area contributed by atoms with E-state index in [-0.39, 0.29) is 0 Å². The first-order chi connectivity index (χ1) is 9.81. The highest BCUT2D eigenvalue weighted by Crippen LogP contribution is 2.22. The summed E-state index contributed by atoms with van der Waals surface area (Å²) < 4.78 is 11.1. The van der Waals surface area contributed by atoms with Gasteiger partial charge >= 0.3 is 0 Å². The van der Waals surface area contributed by atoms with Crippen molar-refractivity contribution < 1.29 is 9.26 Å². The maximum atomic E-state index is 5.90. The van der Waals surface area contributed by atoms with Crippen LogP contribution in [-0.4, -0.2) is 28.8 Å². The van der Waals surface area contributed by atoms with Crippen LogP contribution in [0.1, 0.15) is 64.1 Å². The van der Waals surface area contributed by atoms with Crippen LogP contribution in [0.5, 0.6) is 0 Å². The van der Waals surface area contributed by atoms with Crippen molar-refractivity contribution in [2.45, 2.75) is 77.5 Å². The molecular formula is C15H27N3O2. The summed E-state index contributed by atoms with van der Waals surface area (Å²) in [5.41, 5.74) is 0. The molecule has 1 fully saturated rings. The first-order valence-corrected chi connectivity index (χ1v) is 7.98. The lowest BCUT2D eigenvalue weighted by atomic mass is 9.93. The first-order valence-electron chi connectivity index (χ1n) is 7.98. The van der Waals surface area contributed by atoms with E-state index in [2.05, 4.69) is 29.3 Å². The van der Waals surface area contributed by atoms with Crippen LogP contribution < -0.4 is 5.32 Å². The van der Waals surface area contributed by atoms with Gasteiger partial charge in [-0.15, -0.1) is 0 Å². The highest BCUT2D eigenvalue weighted by Gasteiger charge is 2.21. The highest BCUT2D eigenvalue weighted by atomic mass is 16.5. The molecule has 0 aliphatic heterocycles. The third-order valence-corrected chi connectivity index (χ3v) is 3.78. The van der Waals surface area contributed by atoms with Crippen LogP contribution in [0.3, 0.4) is 0 Å². The summed E-state index contributed by atoms with van der Waals surface area (Å²) in [6.45, 7) is 5.91. The molecule has 0 saturated heterocycles. The monoisotopic (exact) mass is 281 g/mol. The normalized spacial score (nSPS) is 23.1. The molecule has 1 N–H and O–H groups in total. The lowest BCUT2D eigenvalue weighted by molar-refractivity contribution is 0.00747. The summed E-state index contributed by atoms with van der Waals surface area (Å²) in [7, 11) is 0. The summed E-state index contributed by atoms with van der Waals surface area (Å²) >= 11 is 0. The van der Waals surface area contributed by atoms with Crippen molar-refractivity contribution >= 4 is 0 Å². The van der Waals surface area contributed by atoms with Crippen LogP contribution in [0.4, 0.5) is 0 Å². The topological polar surface area (TPSA) is 60.2 Å². The van der Waals surface area contributed by atoms with Crippen molar-refractivity contribution in [2.75, 3.05) is 6.54 Å². The Labute approximate surface area is 121 Å². The van der Waals surface area contributed by atoms with Crippen molar-refractivity contribution in [3.63, 3.8) is 0 Å². The first kappa shape index (κ1) is 15.4. The number of nitrogens with one attached hydrogen (secondary N) is 1. The molecule has 1 aromatic rings. The van der Waals surface area contributed by atoms with Gasteiger partial charge in [-0.1, -0.05) is 19.0 Å². The Morgan fingerprint density at radius 1 is 1.20 bits per heavy atom. The van der Waals surface area contributed by atoms with E-state index in [9.17, 15) is 0 Å². The van der Waals surface area contributed by atoms with Gasteiger partial charge in [0.15, 0.2) is 5.82 Å². The molecule has 0 unspecified atom stereocenters. The largest absolute Gasteiger partial charge is 0.370 e. The van der Waals surface area contributed by atoms with Crippen LogP contribution in [0.15, 0.2) is 4.52 Å². The minimum absolute atomic E-state index is 0.350. The number of hydrogen-bond donors (Lipinski definition) is 1. The van der Waals surface area contributed by atoms with Gasteiger partial charge in [-0.3, -0.25) is 0 Å². The van der Waals surface area contributed by atoms with E-state index in [1.807, 2.05) is 0 Å². The molecule has 114 valence electrons. The number of ether oxygens (including phenoxy) is 1. The smallest absolute Gasteiger partial charge is 0.226 e. The number of aryl methyl sites for hydroxylation is 1. The van der Waals surface area contributed by atoms with Gasteiger partial charge in [-0.25, -0.2) is 0 Å². The Hall–Kier alpha value is -0.940. The summed E-state index contributed by atoms with van der Waals surface area (Å²) in [4.78, 5) is 4.32. The second kappa shape index (κ2) is 8.37. The Morgan fingerprint density at radius 3 is 2.70 bits per heavy atom. The quantitative estimate of drug-likeness (QED) is 0.794. The van der Waals surface area contributed by atoms with Gasteiger partial charge in [-0.2, -0.15) is 4.98 Å². The molecule has 0 radical (unpaired) electrons. The zero-order valence-corrected chi connectivity index (χ0v) is 12.7. The van der Waals surface area contributed by atoms with E-state index in [0.717, 1.165) is 38.1 Å². The maximum absolute atomic E-state index is 5.90. The lowest BCUT2D eigenvalue weighted by Crippen LogP contribution is -2.35. The zero-order chi connectivity index (χ0) is 14.2. The number of nitrogens with zero attached hydrogens (tertiary/aromatic N) is 2. The summed E-state index contributed by atoms with van der Waals surface area (Å²) in [5, 5.41) is 7.54. The molecule has 1 aliphatic rings. The molecule has 5 heteroatoms. The maximum Gasteiger partial charge on any atom is 0.226 e. The van der Waals surface area contributed by atoms with Crippen molar-refractivity contribution in [1.82, 2.24) is 15.5 Å². The van der Waals surface area contributed by atoms with Gasteiger partial charge in [0.05, 0.1) is 6.10 Å². The molecule has 1 heterocycles. The average Bonchev–Trinajstić information content (AvgIpc) is 2.92. The third kappa shape index (κ3) is 4.87. The van der Waals surface area contributed by atoms with E-state index in [0.29, 0.717) is 24.6 Å². The molecule has 0 bridgehead atoms. The van der Waals surface area contributed by atoms with Crippen molar-refractivity contribution in [3.05, 3.63) is 11.7 Å². The third-order valence-electron chi connectivity index (χ3n) is 3.78. The molecule has 2 rings (SSSR count). The van der Waals surface area contributed by atoms with Crippen LogP contribution in [0.25, 0.3) is 0 Å². The fraction of sp³-hybridized carbons (Fsp3) is 0.867. The van der Waals surface area contributed by atoms with Crippen LogP contribution in [0.2, 0.25) is 0 Å². The van der Waals surface area contributed by atoms with Crippen LogP contribution >= 0.6 is 0 Å². The fourth-order valence-corrected chi connectivity index (χ4v) is 2.64. The lowest BCUT2D eigenvalue weighted by Gasteiger charge is -2.28. The van der Waals surface area contributed by atoms with Crippen LogP contribution in [-0.2, 0) is 17.8 Å². The van der Waals surface area contributed by atoms with E-state index in [1.165, 1.54) is 19.3 Å². The number of rotatable bonds is 8. The fourth-order valence-electron chi connectivity index (χ4n) is 2.64. The summed E-state index contributed by atoms with van der Waals surface area (Å²) in [5.74, 6) is 1.40. The Morgan fingerprint density at radius 2 is 2.00 bits per heavy atom. The van der Waals surface area contributed by atoms with Crippen molar-refractivity contribution in [2.24, 2.45) is 0 Å². The summed E-state index contributed by atoms with van der Waals surface area (Å²) in [6.07, 6.45) is 8.09. The van der Waals surface area contributed by atoms with Crippen LogP contribution in [0, 0.1) is 0 Å². The van der Waals surface area contributed by atoms with Gasteiger partial charge in [0, 0.05) is 12.5 Å². The molecule has 0 aromatic carbocycles. The van der Waals surface area contributed by atoms with E-state index in [1.54, 1.807) is 0 Å². The van der Waals surface area contributed by atoms with Crippen molar-refractivity contribution in [1.29, 1.82) is 0 Å². The standard InChI is InChI=1S/C15H27N3O2/c1-3-5-15-17-14(18-20-15)11-19-13-8-6-12(7-9-13)16-10-4-2/h12-13,16H,3-11H2,1-2H3. The minimum atomic E-state index is 0.350. The molecule has 1 aliphatic carbocycles. The minimum Gasteiger partial charge on any atom is -0.370 e. The molecule has 0 atom stereocenters. The molecule has 20 heavy (non-hydrogen) atoms. The molecule has 0 spiro atoms. The van der Waals surface area contributed by atoms with E-state index < -0.39 is 0 Å². The van der Waals surface area contributed by atoms with E-state index in [4.69, 9.17) is 9.26 Å². The predicted molar refractivity (Wildman–Crippen MR) is 77.4 cm³/mol. The Kier molecular flexibility index (Phi) is 6.47. The van der Waals surface area contributed by atoms with E-state index >= 15 is 0 Å². The second-order valence-corrected chi connectivity index (χ2v) is 5.59. The molecule has 1 saturated carbocycles. The van der Waals surface area contributed by atoms with Crippen molar-refractivity contribution in [3.8, 4) is 0 Å². The predicted octanol–water partition coefficient (Wildman–Crippen LogP) is 2.85. The highest BCUT2D eigenvalue weighted by molar-refractivity contribution is 4.85. The Bertz CT molecular complexity index is 373. The van der Waals surface area contributed by atoms with Gasteiger partial charge < -0.3 is 14.6 Å². The second-order valence-electron chi connectivity index (χ2n) is 5.59. The van der Waals surface area contributed by atoms with Gasteiger partial charge in [0.2, 0.25) is 5.89 Å². The SMILES string of the molecule is CCCNC1CCC(OCc2noc(CCC)n2)CC1. The number of aromatic nitrogens is 2. The van der Waals surface area contributed by atoms with Gasteiger partial charge in [0.1, 0.15) is 6.61 Å². The van der Waals surface area contributed by atoms with Gasteiger partial charge in [0.25, 0.3) is 0 Å². The molecule has 1 aromatic heterocycles. The van der Waals surface area contributed by atoms with Gasteiger partial charge in [-0.05, 0) is 45.1 Å². The molecular weight excluding hydrogens is 254 g/mol.